The van der Waals surface area contributed by atoms with Crippen molar-refractivity contribution < 1.29 is 4.74 Å². The van der Waals surface area contributed by atoms with Gasteiger partial charge in [-0.15, -0.1) is 0 Å². The van der Waals surface area contributed by atoms with Gasteiger partial charge in [-0.3, -0.25) is 0 Å². The highest BCUT2D eigenvalue weighted by Gasteiger charge is 2.06. The van der Waals surface area contributed by atoms with E-state index in [0.717, 1.165) is 32.8 Å². The van der Waals surface area contributed by atoms with Gasteiger partial charge in [0.15, 0.2) is 5.65 Å². The molecule has 0 bridgehead atoms. The molecule has 3 aromatic rings. The number of aromatic nitrogens is 3. The molecule has 1 aromatic carbocycles. The number of imidazole rings is 1. The molecule has 0 saturated heterocycles. The van der Waals surface area contributed by atoms with Crippen molar-refractivity contribution in [3.8, 4) is 17.0 Å². The first-order valence-corrected chi connectivity index (χ1v) is 7.22. The van der Waals surface area contributed by atoms with Crippen LogP contribution in [0.2, 0.25) is 0 Å². The van der Waals surface area contributed by atoms with Crippen LogP contribution in [-0.4, -0.2) is 21.2 Å². The summed E-state index contributed by atoms with van der Waals surface area (Å²) in [6.45, 7) is 4.70. The number of benzene rings is 1. The number of halogens is 1. The van der Waals surface area contributed by atoms with Crippen molar-refractivity contribution in [1.82, 2.24) is 14.6 Å². The van der Waals surface area contributed by atoms with E-state index in [1.807, 2.05) is 44.3 Å². The molecule has 102 valence electrons. The maximum atomic E-state index is 5.56. The van der Waals surface area contributed by atoms with Crippen LogP contribution in [0.4, 0.5) is 0 Å². The zero-order valence-corrected chi connectivity index (χ0v) is 12.9. The van der Waals surface area contributed by atoms with Crippen LogP contribution in [0, 0.1) is 6.92 Å². The van der Waals surface area contributed by atoms with Crippen LogP contribution >= 0.6 is 15.9 Å². The van der Waals surface area contributed by atoms with Crippen molar-refractivity contribution in [2.45, 2.75) is 13.8 Å². The Labute approximate surface area is 125 Å². The average molecular weight is 332 g/mol. The number of hydrogen-bond acceptors (Lipinski definition) is 3. The Morgan fingerprint density at radius 2 is 2.10 bits per heavy atom. The van der Waals surface area contributed by atoms with E-state index >= 15 is 0 Å². The van der Waals surface area contributed by atoms with E-state index in [4.69, 9.17) is 4.74 Å². The standard InChI is InChI=1S/C15H14BrN3O/c1-3-20-13-6-4-11(8-10(13)2)12-5-7-15-17-14(16)9-19(15)18-12/h4-9H,3H2,1-2H3. The van der Waals surface area contributed by atoms with Gasteiger partial charge < -0.3 is 4.74 Å². The van der Waals surface area contributed by atoms with E-state index in [1.165, 1.54) is 0 Å². The summed E-state index contributed by atoms with van der Waals surface area (Å²) in [6.07, 6.45) is 1.85. The molecule has 0 spiro atoms. The third-order valence-corrected chi connectivity index (χ3v) is 3.44. The van der Waals surface area contributed by atoms with Crippen molar-refractivity contribution in [3.05, 3.63) is 46.7 Å². The topological polar surface area (TPSA) is 39.4 Å². The van der Waals surface area contributed by atoms with E-state index < -0.39 is 0 Å². The Balaban J connectivity index is 2.03. The fourth-order valence-electron chi connectivity index (χ4n) is 2.13. The Kier molecular flexibility index (Phi) is 3.44. The largest absolute Gasteiger partial charge is 0.494 e. The van der Waals surface area contributed by atoms with Gasteiger partial charge in [0.05, 0.1) is 18.5 Å². The number of rotatable bonds is 3. The van der Waals surface area contributed by atoms with E-state index in [2.05, 4.69) is 32.1 Å². The van der Waals surface area contributed by atoms with Gasteiger partial charge in [-0.25, -0.2) is 9.50 Å². The SMILES string of the molecule is CCOc1ccc(-c2ccc3nc(Br)cn3n2)cc1C. The van der Waals surface area contributed by atoms with Crippen molar-refractivity contribution in [3.63, 3.8) is 0 Å². The molecule has 0 radical (unpaired) electrons. The number of ether oxygens (including phenoxy) is 1. The minimum absolute atomic E-state index is 0.674. The molecule has 0 aliphatic rings. The van der Waals surface area contributed by atoms with Gasteiger partial charge in [0.1, 0.15) is 10.4 Å². The normalized spacial score (nSPS) is 10.9. The zero-order valence-electron chi connectivity index (χ0n) is 11.3. The predicted octanol–water partition coefficient (Wildman–Crippen LogP) is 3.87. The summed E-state index contributed by atoms with van der Waals surface area (Å²) in [5, 5.41) is 4.57. The molecular weight excluding hydrogens is 318 g/mol. The second-order valence-corrected chi connectivity index (χ2v) is 5.31. The summed E-state index contributed by atoms with van der Waals surface area (Å²) in [5.74, 6) is 0.919. The van der Waals surface area contributed by atoms with E-state index in [9.17, 15) is 0 Å². The van der Waals surface area contributed by atoms with Gasteiger partial charge in [-0.05, 0) is 65.7 Å². The molecule has 2 aromatic heterocycles. The van der Waals surface area contributed by atoms with E-state index in [1.54, 1.807) is 4.52 Å². The Morgan fingerprint density at radius 3 is 2.85 bits per heavy atom. The molecule has 0 fully saturated rings. The van der Waals surface area contributed by atoms with Crippen molar-refractivity contribution in [2.75, 3.05) is 6.61 Å². The summed E-state index contributed by atoms with van der Waals surface area (Å²) in [6, 6.07) is 10.0. The molecule has 0 aliphatic carbocycles. The molecule has 4 nitrogen and oxygen atoms in total. The lowest BCUT2D eigenvalue weighted by Crippen LogP contribution is -1.96. The van der Waals surface area contributed by atoms with E-state index in [-0.39, 0.29) is 0 Å². The molecule has 3 rings (SSSR count). The number of nitrogens with zero attached hydrogens (tertiary/aromatic N) is 3. The maximum Gasteiger partial charge on any atom is 0.154 e. The van der Waals surface area contributed by atoms with Crippen LogP contribution in [-0.2, 0) is 0 Å². The first kappa shape index (κ1) is 13.1. The van der Waals surface area contributed by atoms with Crippen LogP contribution in [0.1, 0.15) is 12.5 Å². The van der Waals surface area contributed by atoms with Crippen molar-refractivity contribution >= 4 is 21.6 Å². The lowest BCUT2D eigenvalue weighted by Gasteiger charge is -2.09. The van der Waals surface area contributed by atoms with Crippen LogP contribution < -0.4 is 4.74 Å². The lowest BCUT2D eigenvalue weighted by molar-refractivity contribution is 0.338. The molecule has 0 N–H and O–H groups in total. The molecule has 0 saturated carbocycles. The fraction of sp³-hybridized carbons (Fsp3) is 0.200. The first-order chi connectivity index (χ1) is 9.67. The molecule has 0 aliphatic heterocycles. The highest BCUT2D eigenvalue weighted by Crippen LogP contribution is 2.25. The number of aryl methyl sites for hydroxylation is 1. The van der Waals surface area contributed by atoms with Crippen molar-refractivity contribution in [2.24, 2.45) is 0 Å². The summed E-state index contributed by atoms with van der Waals surface area (Å²) in [4.78, 5) is 4.30. The molecule has 5 heteroatoms. The molecule has 0 amide bonds. The van der Waals surface area contributed by atoms with Crippen LogP contribution in [0.3, 0.4) is 0 Å². The Bertz CT molecular complexity index is 767. The smallest absolute Gasteiger partial charge is 0.154 e. The van der Waals surface area contributed by atoms with Crippen LogP contribution in [0.15, 0.2) is 41.1 Å². The van der Waals surface area contributed by atoms with Crippen LogP contribution in [0.25, 0.3) is 16.9 Å². The van der Waals surface area contributed by atoms with Gasteiger partial charge in [0, 0.05) is 5.56 Å². The Morgan fingerprint density at radius 1 is 1.25 bits per heavy atom. The van der Waals surface area contributed by atoms with Gasteiger partial charge >= 0.3 is 0 Å². The number of fused-ring (bicyclic) bond motifs is 1. The van der Waals surface area contributed by atoms with Gasteiger partial charge in [-0.1, -0.05) is 0 Å². The van der Waals surface area contributed by atoms with E-state index in [0.29, 0.717) is 6.61 Å². The Hall–Kier alpha value is -1.88. The molecular formula is C15H14BrN3O. The number of hydrogen-bond donors (Lipinski definition) is 0. The van der Waals surface area contributed by atoms with Gasteiger partial charge in [-0.2, -0.15) is 5.10 Å². The third kappa shape index (κ3) is 2.41. The van der Waals surface area contributed by atoms with Crippen LogP contribution in [0.5, 0.6) is 5.75 Å². The summed E-state index contributed by atoms with van der Waals surface area (Å²) in [7, 11) is 0. The zero-order chi connectivity index (χ0) is 14.1. The minimum atomic E-state index is 0.674. The predicted molar refractivity (Wildman–Crippen MR) is 82.0 cm³/mol. The maximum absolute atomic E-state index is 5.56. The van der Waals surface area contributed by atoms with Crippen molar-refractivity contribution in [1.29, 1.82) is 0 Å². The third-order valence-electron chi connectivity index (χ3n) is 3.06. The monoisotopic (exact) mass is 331 g/mol. The molecule has 20 heavy (non-hydrogen) atoms. The van der Waals surface area contributed by atoms with Gasteiger partial charge in [0.2, 0.25) is 0 Å². The highest BCUT2D eigenvalue weighted by molar-refractivity contribution is 9.10. The summed E-state index contributed by atoms with van der Waals surface area (Å²) < 4.78 is 8.11. The quantitative estimate of drug-likeness (QED) is 0.731. The average Bonchev–Trinajstić information content (AvgIpc) is 2.80. The lowest BCUT2D eigenvalue weighted by atomic mass is 10.1. The summed E-state index contributed by atoms with van der Waals surface area (Å²) >= 11 is 3.36. The molecule has 2 heterocycles. The molecule has 0 unspecified atom stereocenters. The van der Waals surface area contributed by atoms with Gasteiger partial charge in [0.25, 0.3) is 0 Å². The highest BCUT2D eigenvalue weighted by atomic mass is 79.9. The second kappa shape index (κ2) is 5.25. The minimum Gasteiger partial charge on any atom is -0.494 e. The second-order valence-electron chi connectivity index (χ2n) is 4.50. The molecule has 0 atom stereocenters. The first-order valence-electron chi connectivity index (χ1n) is 6.43. The fourth-order valence-corrected chi connectivity index (χ4v) is 2.51. The summed E-state index contributed by atoms with van der Waals surface area (Å²) in [5.41, 5.74) is 3.91.